The molecule has 0 unspecified atom stereocenters. The minimum Gasteiger partial charge on any atom is -0.352 e. The van der Waals surface area contributed by atoms with E-state index < -0.39 is 0 Å². The van der Waals surface area contributed by atoms with Crippen molar-refractivity contribution >= 4 is 28.5 Å². The average Bonchev–Trinajstić information content (AvgIpc) is 3.08. The van der Waals surface area contributed by atoms with Crippen LogP contribution in [-0.4, -0.2) is 22.0 Å². The van der Waals surface area contributed by atoms with Gasteiger partial charge >= 0.3 is 0 Å². The van der Waals surface area contributed by atoms with Crippen LogP contribution in [0, 0.1) is 0 Å². The summed E-state index contributed by atoms with van der Waals surface area (Å²) in [6, 6.07) is 15.3. The smallest absolute Gasteiger partial charge is 0.251 e. The quantitative estimate of drug-likeness (QED) is 0.392. The summed E-state index contributed by atoms with van der Waals surface area (Å²) in [4.78, 5) is 17.2. The minimum absolute atomic E-state index is 0.105. The zero-order valence-corrected chi connectivity index (χ0v) is 17.9. The van der Waals surface area contributed by atoms with E-state index in [1.165, 1.54) is 37.6 Å². The van der Waals surface area contributed by atoms with Crippen LogP contribution in [0.3, 0.4) is 0 Å². The van der Waals surface area contributed by atoms with E-state index >= 15 is 0 Å². The van der Waals surface area contributed by atoms with Gasteiger partial charge in [-0.3, -0.25) is 4.79 Å². The molecule has 0 aliphatic rings. The Morgan fingerprint density at radius 1 is 1.03 bits per heavy atom. The van der Waals surface area contributed by atoms with Crippen LogP contribution >= 0.6 is 11.6 Å². The maximum Gasteiger partial charge on any atom is 0.251 e. The molecule has 1 amide bonds. The molecule has 3 aromatic rings. The highest BCUT2D eigenvalue weighted by molar-refractivity contribution is 6.30. The molecule has 0 saturated heterocycles. The summed E-state index contributed by atoms with van der Waals surface area (Å²) < 4.78 is 2.32. The van der Waals surface area contributed by atoms with Gasteiger partial charge in [0, 0.05) is 30.1 Å². The number of imidazole rings is 1. The molecule has 0 aliphatic heterocycles. The van der Waals surface area contributed by atoms with Gasteiger partial charge in [0.1, 0.15) is 5.82 Å². The standard InChI is InChI=1S/C24H30ClN3O/c1-2-3-4-5-6-9-17-28-22-14-8-7-13-21(22)27-23(28)15-16-26-24(29)19-11-10-12-20(25)18-19/h7-8,10-14,18H,2-6,9,15-17H2,1H3,(H,26,29). The van der Waals surface area contributed by atoms with Crippen molar-refractivity contribution in [1.82, 2.24) is 14.9 Å². The number of fused-ring (bicyclic) bond motifs is 1. The number of hydrogen-bond acceptors (Lipinski definition) is 2. The Labute approximate surface area is 178 Å². The van der Waals surface area contributed by atoms with Crippen molar-refractivity contribution in [3.8, 4) is 0 Å². The molecule has 0 bridgehead atoms. The number of aryl methyl sites for hydroxylation is 1. The number of nitrogens with one attached hydrogen (secondary N) is 1. The summed E-state index contributed by atoms with van der Waals surface area (Å²) >= 11 is 5.98. The van der Waals surface area contributed by atoms with Crippen molar-refractivity contribution in [2.24, 2.45) is 0 Å². The molecule has 1 aromatic heterocycles. The Morgan fingerprint density at radius 2 is 1.83 bits per heavy atom. The molecule has 1 N–H and O–H groups in total. The van der Waals surface area contributed by atoms with E-state index in [1.807, 2.05) is 6.07 Å². The maximum absolute atomic E-state index is 12.3. The number of benzene rings is 2. The first-order valence-electron chi connectivity index (χ1n) is 10.7. The molecular formula is C24H30ClN3O. The molecule has 0 fully saturated rings. The van der Waals surface area contributed by atoms with Crippen LogP contribution in [0.1, 0.15) is 61.6 Å². The lowest BCUT2D eigenvalue weighted by atomic mass is 10.1. The molecule has 0 aliphatic carbocycles. The van der Waals surface area contributed by atoms with E-state index in [0.717, 1.165) is 24.3 Å². The molecule has 0 atom stereocenters. The highest BCUT2D eigenvalue weighted by atomic mass is 35.5. The largest absolute Gasteiger partial charge is 0.352 e. The fourth-order valence-corrected chi connectivity index (χ4v) is 3.83. The molecule has 154 valence electrons. The van der Waals surface area contributed by atoms with Crippen LogP contribution in [0.15, 0.2) is 48.5 Å². The molecule has 2 aromatic carbocycles. The number of halogens is 1. The van der Waals surface area contributed by atoms with Gasteiger partial charge in [-0.25, -0.2) is 4.98 Å². The lowest BCUT2D eigenvalue weighted by Gasteiger charge is -2.10. The second-order valence-corrected chi connectivity index (χ2v) is 7.89. The van der Waals surface area contributed by atoms with Gasteiger partial charge in [-0.05, 0) is 36.8 Å². The van der Waals surface area contributed by atoms with Gasteiger partial charge in [0.2, 0.25) is 0 Å². The Balaban J connectivity index is 1.60. The lowest BCUT2D eigenvalue weighted by molar-refractivity contribution is 0.0954. The summed E-state index contributed by atoms with van der Waals surface area (Å²) in [7, 11) is 0. The van der Waals surface area contributed by atoms with Gasteiger partial charge in [0.15, 0.2) is 0 Å². The number of nitrogens with zero attached hydrogens (tertiary/aromatic N) is 2. The van der Waals surface area contributed by atoms with Crippen LogP contribution in [0.4, 0.5) is 0 Å². The van der Waals surface area contributed by atoms with Gasteiger partial charge in [-0.2, -0.15) is 0 Å². The van der Waals surface area contributed by atoms with E-state index in [0.29, 0.717) is 23.6 Å². The molecule has 3 rings (SSSR count). The topological polar surface area (TPSA) is 46.9 Å². The number of rotatable bonds is 11. The zero-order chi connectivity index (χ0) is 20.5. The molecule has 5 heteroatoms. The van der Waals surface area contributed by atoms with E-state index in [4.69, 9.17) is 16.6 Å². The summed E-state index contributed by atoms with van der Waals surface area (Å²) in [6.07, 6.45) is 8.33. The van der Waals surface area contributed by atoms with Crippen LogP contribution in [0.2, 0.25) is 5.02 Å². The van der Waals surface area contributed by atoms with E-state index in [9.17, 15) is 4.79 Å². The van der Waals surface area contributed by atoms with Crippen LogP contribution in [0.5, 0.6) is 0 Å². The first-order valence-corrected chi connectivity index (χ1v) is 11.0. The third-order valence-corrected chi connectivity index (χ3v) is 5.42. The van der Waals surface area contributed by atoms with Gasteiger partial charge in [0.25, 0.3) is 5.91 Å². The van der Waals surface area contributed by atoms with Gasteiger partial charge in [-0.1, -0.05) is 68.8 Å². The summed E-state index contributed by atoms with van der Waals surface area (Å²) in [6.45, 7) is 3.77. The van der Waals surface area contributed by atoms with Crippen molar-refractivity contribution in [2.75, 3.05) is 6.54 Å². The second kappa shape index (κ2) is 11.0. The number of aromatic nitrogens is 2. The summed E-state index contributed by atoms with van der Waals surface area (Å²) in [5, 5.41) is 3.55. The average molecular weight is 412 g/mol. The van der Waals surface area contributed by atoms with Crippen molar-refractivity contribution in [3.63, 3.8) is 0 Å². The Kier molecular flexibility index (Phi) is 8.12. The van der Waals surface area contributed by atoms with Gasteiger partial charge in [-0.15, -0.1) is 0 Å². The third-order valence-electron chi connectivity index (χ3n) is 5.19. The van der Waals surface area contributed by atoms with Crippen LogP contribution in [-0.2, 0) is 13.0 Å². The number of carbonyl (C=O) groups excluding carboxylic acids is 1. The summed E-state index contributed by atoms with van der Waals surface area (Å²) in [5.74, 6) is 0.928. The fourth-order valence-electron chi connectivity index (χ4n) is 3.64. The van der Waals surface area contributed by atoms with Gasteiger partial charge < -0.3 is 9.88 Å². The van der Waals surface area contributed by atoms with Crippen molar-refractivity contribution in [3.05, 3.63) is 64.9 Å². The van der Waals surface area contributed by atoms with E-state index in [2.05, 4.69) is 35.0 Å². The zero-order valence-electron chi connectivity index (χ0n) is 17.2. The molecule has 4 nitrogen and oxygen atoms in total. The van der Waals surface area contributed by atoms with E-state index in [1.54, 1.807) is 24.3 Å². The number of para-hydroxylation sites is 2. The number of hydrogen-bond donors (Lipinski definition) is 1. The molecule has 1 heterocycles. The summed E-state index contributed by atoms with van der Waals surface area (Å²) in [5.41, 5.74) is 2.78. The third kappa shape index (κ3) is 6.07. The molecule has 0 spiro atoms. The maximum atomic E-state index is 12.3. The Bertz CT molecular complexity index is 935. The first kappa shape index (κ1) is 21.4. The van der Waals surface area contributed by atoms with Crippen LogP contribution in [0.25, 0.3) is 11.0 Å². The Hall–Kier alpha value is -2.33. The molecule has 0 saturated carbocycles. The molecule has 0 radical (unpaired) electrons. The van der Waals surface area contributed by atoms with Crippen molar-refractivity contribution in [2.45, 2.75) is 58.4 Å². The van der Waals surface area contributed by atoms with Crippen molar-refractivity contribution < 1.29 is 4.79 Å². The van der Waals surface area contributed by atoms with Crippen LogP contribution < -0.4 is 5.32 Å². The number of unbranched alkanes of at least 4 members (excludes halogenated alkanes) is 5. The highest BCUT2D eigenvalue weighted by Gasteiger charge is 2.11. The fraction of sp³-hybridized carbons (Fsp3) is 0.417. The molecular weight excluding hydrogens is 382 g/mol. The van der Waals surface area contributed by atoms with Gasteiger partial charge in [0.05, 0.1) is 11.0 Å². The highest BCUT2D eigenvalue weighted by Crippen LogP contribution is 2.18. The predicted molar refractivity (Wildman–Crippen MR) is 121 cm³/mol. The van der Waals surface area contributed by atoms with E-state index in [-0.39, 0.29) is 5.91 Å². The number of carbonyl (C=O) groups is 1. The monoisotopic (exact) mass is 411 g/mol. The van der Waals surface area contributed by atoms with Crippen molar-refractivity contribution in [1.29, 1.82) is 0 Å². The first-order chi connectivity index (χ1) is 14.2. The Morgan fingerprint density at radius 3 is 2.66 bits per heavy atom. The lowest BCUT2D eigenvalue weighted by Crippen LogP contribution is -2.26. The molecule has 29 heavy (non-hydrogen) atoms. The SMILES string of the molecule is CCCCCCCCn1c(CCNC(=O)c2cccc(Cl)c2)nc2ccccc21. The number of amides is 1. The normalized spacial score (nSPS) is 11.1. The minimum atomic E-state index is -0.105. The second-order valence-electron chi connectivity index (χ2n) is 7.45. The predicted octanol–water partition coefficient (Wildman–Crippen LogP) is 6.02.